The van der Waals surface area contributed by atoms with E-state index >= 15 is 0 Å². The fourth-order valence-corrected chi connectivity index (χ4v) is 4.00. The lowest BCUT2D eigenvalue weighted by molar-refractivity contribution is -0.120. The van der Waals surface area contributed by atoms with Crippen molar-refractivity contribution in [1.29, 1.82) is 0 Å². The van der Waals surface area contributed by atoms with E-state index in [1.165, 1.54) is 0 Å². The molecule has 1 unspecified atom stereocenters. The number of hydrogen-bond acceptors (Lipinski definition) is 4. The van der Waals surface area contributed by atoms with Crippen LogP contribution in [0.5, 0.6) is 0 Å². The number of anilines is 1. The van der Waals surface area contributed by atoms with Gasteiger partial charge in [-0.2, -0.15) is 0 Å². The summed E-state index contributed by atoms with van der Waals surface area (Å²) >= 11 is 0. The predicted molar refractivity (Wildman–Crippen MR) is 106 cm³/mol. The van der Waals surface area contributed by atoms with E-state index in [0.717, 1.165) is 42.1 Å². The summed E-state index contributed by atoms with van der Waals surface area (Å²) in [4.78, 5) is 17.2. The van der Waals surface area contributed by atoms with Crippen molar-refractivity contribution in [2.24, 2.45) is 0 Å². The number of carbonyl (C=O) groups excluding carboxylic acids is 1. The Morgan fingerprint density at radius 3 is 2.81 bits per heavy atom. The Hall–Kier alpha value is -2.73. The fraction of sp³-hybridized carbons (Fsp3) is 0.381. The zero-order valence-electron chi connectivity index (χ0n) is 15.9. The van der Waals surface area contributed by atoms with E-state index < -0.39 is 0 Å². The molecule has 0 bridgehead atoms. The average molecular weight is 363 g/mol. The highest BCUT2D eigenvalue weighted by atomic mass is 16.2. The molecule has 3 heterocycles. The maximum Gasteiger partial charge on any atom is 0.241 e. The molecule has 1 aliphatic heterocycles. The highest BCUT2D eigenvalue weighted by Crippen LogP contribution is 2.31. The molecule has 2 aromatic heterocycles. The van der Waals surface area contributed by atoms with Crippen molar-refractivity contribution in [3.05, 3.63) is 60.0 Å². The number of rotatable bonds is 5. The molecule has 0 saturated carbocycles. The van der Waals surface area contributed by atoms with Crippen LogP contribution in [0.3, 0.4) is 0 Å². The highest BCUT2D eigenvalue weighted by Gasteiger charge is 2.32. The lowest BCUT2D eigenvalue weighted by atomic mass is 10.1. The van der Waals surface area contributed by atoms with Gasteiger partial charge in [-0.15, -0.1) is 10.2 Å². The van der Waals surface area contributed by atoms with Crippen molar-refractivity contribution in [2.45, 2.75) is 32.7 Å². The van der Waals surface area contributed by atoms with Crippen molar-refractivity contribution >= 4 is 17.2 Å². The molecule has 27 heavy (non-hydrogen) atoms. The first-order valence-corrected chi connectivity index (χ1v) is 9.58. The van der Waals surface area contributed by atoms with Gasteiger partial charge in [0.2, 0.25) is 5.91 Å². The van der Waals surface area contributed by atoms with Crippen molar-refractivity contribution in [1.82, 2.24) is 19.5 Å². The third kappa shape index (κ3) is 3.32. The molecule has 0 spiro atoms. The summed E-state index contributed by atoms with van der Waals surface area (Å²) in [5.74, 6) is 1.06. The number of aromatic nitrogens is 3. The van der Waals surface area contributed by atoms with Crippen LogP contribution in [0.25, 0.3) is 5.65 Å². The number of para-hydroxylation sites is 1. The Labute approximate surface area is 159 Å². The number of likely N-dealkylation sites (tertiary alicyclic amines) is 1. The second-order valence-corrected chi connectivity index (χ2v) is 7.04. The molecular weight excluding hydrogens is 338 g/mol. The van der Waals surface area contributed by atoms with Gasteiger partial charge in [-0.25, -0.2) is 0 Å². The summed E-state index contributed by atoms with van der Waals surface area (Å²) in [5.41, 5.74) is 2.96. The molecule has 140 valence electrons. The molecule has 6 heteroatoms. The van der Waals surface area contributed by atoms with E-state index in [1.807, 2.05) is 71.8 Å². The van der Waals surface area contributed by atoms with E-state index in [0.29, 0.717) is 13.1 Å². The number of aryl methyl sites for hydroxylation is 1. The number of hydrogen-bond donors (Lipinski definition) is 0. The molecule has 0 radical (unpaired) electrons. The minimum absolute atomic E-state index is 0.127. The first kappa shape index (κ1) is 17.7. The molecule has 1 fully saturated rings. The van der Waals surface area contributed by atoms with Crippen molar-refractivity contribution in [2.75, 3.05) is 24.5 Å². The van der Waals surface area contributed by atoms with Crippen LogP contribution in [0.15, 0.2) is 48.7 Å². The first-order chi connectivity index (χ1) is 13.2. The largest absolute Gasteiger partial charge is 0.311 e. The van der Waals surface area contributed by atoms with Gasteiger partial charge in [0.05, 0.1) is 12.6 Å². The van der Waals surface area contributed by atoms with Crippen molar-refractivity contribution in [3.8, 4) is 0 Å². The molecule has 1 amide bonds. The van der Waals surface area contributed by atoms with E-state index in [2.05, 4.69) is 15.1 Å². The molecule has 0 aliphatic carbocycles. The van der Waals surface area contributed by atoms with Gasteiger partial charge in [-0.3, -0.25) is 14.1 Å². The van der Waals surface area contributed by atoms with Crippen LogP contribution >= 0.6 is 0 Å². The maximum atomic E-state index is 13.1. The topological polar surface area (TPSA) is 53.7 Å². The Kier molecular flexibility index (Phi) is 4.90. The van der Waals surface area contributed by atoms with Crippen molar-refractivity contribution < 1.29 is 4.79 Å². The normalized spacial score (nSPS) is 17.5. The van der Waals surface area contributed by atoms with Gasteiger partial charge in [-0.05, 0) is 57.0 Å². The van der Waals surface area contributed by atoms with Gasteiger partial charge in [0.15, 0.2) is 11.5 Å². The van der Waals surface area contributed by atoms with Gasteiger partial charge in [0.1, 0.15) is 0 Å². The molecule has 1 aromatic carbocycles. The van der Waals surface area contributed by atoms with Gasteiger partial charge in [-0.1, -0.05) is 24.3 Å². The van der Waals surface area contributed by atoms with E-state index in [9.17, 15) is 4.79 Å². The van der Waals surface area contributed by atoms with E-state index in [-0.39, 0.29) is 11.9 Å². The van der Waals surface area contributed by atoms with Gasteiger partial charge >= 0.3 is 0 Å². The van der Waals surface area contributed by atoms with Crippen LogP contribution in [-0.4, -0.2) is 45.0 Å². The number of fused-ring (bicyclic) bond motifs is 1. The second kappa shape index (κ2) is 7.48. The number of carbonyl (C=O) groups is 1. The second-order valence-electron chi connectivity index (χ2n) is 7.04. The van der Waals surface area contributed by atoms with Crippen LogP contribution in [0.4, 0.5) is 5.69 Å². The summed E-state index contributed by atoms with van der Waals surface area (Å²) in [6, 6.07) is 14.1. The smallest absolute Gasteiger partial charge is 0.241 e. The molecule has 6 nitrogen and oxygen atoms in total. The van der Waals surface area contributed by atoms with Gasteiger partial charge in [0.25, 0.3) is 0 Å². The molecule has 3 aromatic rings. The molecule has 1 atom stereocenters. The zero-order valence-corrected chi connectivity index (χ0v) is 15.9. The monoisotopic (exact) mass is 363 g/mol. The molecule has 4 rings (SSSR count). The number of pyridine rings is 1. The van der Waals surface area contributed by atoms with Crippen LogP contribution in [0.2, 0.25) is 0 Å². The maximum absolute atomic E-state index is 13.1. The van der Waals surface area contributed by atoms with Crippen LogP contribution < -0.4 is 4.90 Å². The summed E-state index contributed by atoms with van der Waals surface area (Å²) in [7, 11) is 0. The molecule has 0 N–H and O–H groups in total. The minimum atomic E-state index is 0.127. The standard InChI is InChI=1S/C21H25N5O/c1-3-25(17-10-5-4-9-16(17)2)20(27)15-24-13-8-11-18(24)21-23-22-19-12-6-7-14-26(19)21/h4-7,9-10,12,14,18H,3,8,11,13,15H2,1-2H3. The van der Waals surface area contributed by atoms with E-state index in [1.54, 1.807) is 0 Å². The Morgan fingerprint density at radius 1 is 1.19 bits per heavy atom. The summed E-state index contributed by atoms with van der Waals surface area (Å²) in [6.45, 7) is 6.04. The van der Waals surface area contributed by atoms with Crippen LogP contribution in [0.1, 0.15) is 37.2 Å². The zero-order chi connectivity index (χ0) is 18.8. The summed E-state index contributed by atoms with van der Waals surface area (Å²) in [6.07, 6.45) is 4.06. The van der Waals surface area contributed by atoms with Crippen molar-refractivity contribution in [3.63, 3.8) is 0 Å². The van der Waals surface area contributed by atoms with Gasteiger partial charge < -0.3 is 4.90 Å². The first-order valence-electron chi connectivity index (χ1n) is 9.58. The minimum Gasteiger partial charge on any atom is -0.311 e. The number of benzene rings is 1. The van der Waals surface area contributed by atoms with Crippen LogP contribution in [0, 0.1) is 6.92 Å². The summed E-state index contributed by atoms with van der Waals surface area (Å²) in [5, 5.41) is 8.70. The fourth-order valence-electron chi connectivity index (χ4n) is 4.00. The Balaban J connectivity index is 1.56. The molecule has 1 aliphatic rings. The Bertz CT molecular complexity index is 950. The lowest BCUT2D eigenvalue weighted by Gasteiger charge is -2.28. The quantitative estimate of drug-likeness (QED) is 0.698. The Morgan fingerprint density at radius 2 is 2.00 bits per heavy atom. The predicted octanol–water partition coefficient (Wildman–Crippen LogP) is 3.23. The van der Waals surface area contributed by atoms with E-state index in [4.69, 9.17) is 0 Å². The van der Waals surface area contributed by atoms with Crippen LogP contribution in [-0.2, 0) is 4.79 Å². The highest BCUT2D eigenvalue weighted by molar-refractivity contribution is 5.95. The lowest BCUT2D eigenvalue weighted by Crippen LogP contribution is -2.40. The number of likely N-dealkylation sites (N-methyl/N-ethyl adjacent to an activating group) is 1. The average Bonchev–Trinajstić information content (AvgIpc) is 3.30. The molecule has 1 saturated heterocycles. The van der Waals surface area contributed by atoms with Gasteiger partial charge in [0, 0.05) is 18.4 Å². The SMILES string of the molecule is CCN(C(=O)CN1CCCC1c1nnc2ccccn12)c1ccccc1C. The third-order valence-electron chi connectivity index (χ3n) is 5.36. The summed E-state index contributed by atoms with van der Waals surface area (Å²) < 4.78 is 2.03. The number of amides is 1. The number of nitrogens with zero attached hydrogens (tertiary/aromatic N) is 5. The molecular formula is C21H25N5O. The third-order valence-corrected chi connectivity index (χ3v) is 5.36.